The molecule has 1 saturated carbocycles. The molecule has 0 aromatic heterocycles. The van der Waals surface area contributed by atoms with E-state index in [0.717, 1.165) is 18.4 Å². The van der Waals surface area contributed by atoms with Crippen LogP contribution < -0.4 is 15.2 Å². The van der Waals surface area contributed by atoms with Gasteiger partial charge >= 0.3 is 12.6 Å². The highest BCUT2D eigenvalue weighted by atomic mass is 19.3. The summed E-state index contributed by atoms with van der Waals surface area (Å²) >= 11 is 0. The number of carbonyl (C=O) groups excluding carboxylic acids is 3. The smallest absolute Gasteiger partial charge is 0.387 e. The Hall–Kier alpha value is -3.69. The van der Waals surface area contributed by atoms with E-state index in [-0.39, 0.29) is 36.5 Å². The second kappa shape index (κ2) is 10.9. The number of rotatable bonds is 10. The van der Waals surface area contributed by atoms with E-state index in [9.17, 15) is 23.2 Å². The van der Waals surface area contributed by atoms with Crippen molar-refractivity contribution in [3.05, 3.63) is 59.2 Å². The van der Waals surface area contributed by atoms with E-state index in [4.69, 9.17) is 15.2 Å². The highest BCUT2D eigenvalue weighted by Gasteiger charge is 2.40. The quantitative estimate of drug-likeness (QED) is 0.497. The predicted molar refractivity (Wildman–Crippen MR) is 125 cm³/mol. The molecule has 192 valence electrons. The highest BCUT2D eigenvalue weighted by Crippen LogP contribution is 2.39. The van der Waals surface area contributed by atoms with Gasteiger partial charge in [-0.05, 0) is 60.6 Å². The van der Waals surface area contributed by atoms with E-state index < -0.39 is 24.5 Å². The van der Waals surface area contributed by atoms with Crippen molar-refractivity contribution in [1.82, 2.24) is 4.90 Å². The number of nitrogens with two attached hydrogens (primary N) is 1. The summed E-state index contributed by atoms with van der Waals surface area (Å²) in [7, 11) is 0. The molecule has 2 aliphatic rings. The second-order valence-electron chi connectivity index (χ2n) is 9.13. The lowest BCUT2D eigenvalue weighted by atomic mass is 9.96. The average Bonchev–Trinajstić information content (AvgIpc) is 3.56. The Balaban J connectivity index is 1.47. The van der Waals surface area contributed by atoms with Crippen LogP contribution in [0.4, 0.5) is 8.78 Å². The van der Waals surface area contributed by atoms with Crippen LogP contribution in [0.5, 0.6) is 11.5 Å². The number of ether oxygens (including phenoxy) is 3. The first-order valence-electron chi connectivity index (χ1n) is 11.8. The molecule has 1 saturated heterocycles. The van der Waals surface area contributed by atoms with Crippen LogP contribution in [-0.4, -0.2) is 48.5 Å². The summed E-state index contributed by atoms with van der Waals surface area (Å²) in [4.78, 5) is 38.0. The molecule has 8 nitrogen and oxygen atoms in total. The van der Waals surface area contributed by atoms with Gasteiger partial charge in [0.05, 0.1) is 6.61 Å². The molecule has 10 heteroatoms. The largest absolute Gasteiger partial charge is 0.489 e. The van der Waals surface area contributed by atoms with Gasteiger partial charge in [-0.3, -0.25) is 9.59 Å². The Kier molecular flexibility index (Phi) is 7.71. The van der Waals surface area contributed by atoms with Crippen LogP contribution in [0.2, 0.25) is 0 Å². The minimum Gasteiger partial charge on any atom is -0.489 e. The average molecular weight is 503 g/mol. The fraction of sp³-hybridized carbons (Fsp3) is 0.423. The van der Waals surface area contributed by atoms with Gasteiger partial charge in [0.1, 0.15) is 12.6 Å². The molecule has 1 aliphatic carbocycles. The lowest BCUT2D eigenvalue weighted by Crippen LogP contribution is -2.40. The minimum atomic E-state index is -2.98. The van der Waals surface area contributed by atoms with Crippen molar-refractivity contribution >= 4 is 17.8 Å². The number of nitrogens with zero attached hydrogens (tertiary/aromatic N) is 1. The number of esters is 1. The summed E-state index contributed by atoms with van der Waals surface area (Å²) in [5.74, 6) is -1.09. The monoisotopic (exact) mass is 502 g/mol. The van der Waals surface area contributed by atoms with Crippen molar-refractivity contribution in [1.29, 1.82) is 0 Å². The van der Waals surface area contributed by atoms with Crippen molar-refractivity contribution in [2.24, 2.45) is 11.7 Å². The van der Waals surface area contributed by atoms with E-state index >= 15 is 0 Å². The van der Waals surface area contributed by atoms with Crippen LogP contribution in [0.15, 0.2) is 42.5 Å². The predicted octanol–water partition coefficient (Wildman–Crippen LogP) is 3.62. The first-order valence-corrected chi connectivity index (χ1v) is 11.8. The summed E-state index contributed by atoms with van der Waals surface area (Å²) in [5, 5.41) is 0. The Bertz CT molecular complexity index is 1140. The summed E-state index contributed by atoms with van der Waals surface area (Å²) < 4.78 is 41.5. The zero-order valence-corrected chi connectivity index (χ0v) is 19.8. The van der Waals surface area contributed by atoms with Crippen molar-refractivity contribution in [2.75, 3.05) is 13.2 Å². The number of halogens is 2. The van der Waals surface area contributed by atoms with Gasteiger partial charge in [-0.25, -0.2) is 4.79 Å². The molecule has 1 aliphatic heterocycles. The van der Waals surface area contributed by atoms with Gasteiger partial charge in [0.25, 0.3) is 0 Å². The van der Waals surface area contributed by atoms with Gasteiger partial charge in [-0.1, -0.05) is 18.2 Å². The van der Waals surface area contributed by atoms with Crippen LogP contribution in [0.3, 0.4) is 0 Å². The number of hydrogen-bond donors (Lipinski definition) is 1. The van der Waals surface area contributed by atoms with E-state index in [0.29, 0.717) is 30.1 Å². The molecule has 2 atom stereocenters. The van der Waals surface area contributed by atoms with E-state index in [1.807, 2.05) is 0 Å². The lowest BCUT2D eigenvalue weighted by Gasteiger charge is -2.21. The topological polar surface area (TPSA) is 108 Å². The first-order chi connectivity index (χ1) is 17.2. The third-order valence-electron chi connectivity index (χ3n) is 6.40. The molecule has 1 heterocycles. The maximum absolute atomic E-state index is 12.9. The van der Waals surface area contributed by atoms with Crippen LogP contribution in [0.25, 0.3) is 0 Å². The molecule has 2 fully saturated rings. The summed E-state index contributed by atoms with van der Waals surface area (Å²) in [6.07, 6.45) is 2.38. The normalized spacial score (nSPS) is 19.3. The first kappa shape index (κ1) is 25.4. The molecular weight excluding hydrogens is 474 g/mol. The fourth-order valence-corrected chi connectivity index (χ4v) is 4.29. The third-order valence-corrected chi connectivity index (χ3v) is 6.40. The fourth-order valence-electron chi connectivity index (χ4n) is 4.29. The third kappa shape index (κ3) is 6.30. The summed E-state index contributed by atoms with van der Waals surface area (Å²) in [6, 6.07) is 10.4. The van der Waals surface area contributed by atoms with Gasteiger partial charge in [-0.15, -0.1) is 0 Å². The van der Waals surface area contributed by atoms with Crippen LogP contribution in [0, 0.1) is 5.92 Å². The Morgan fingerprint density at radius 1 is 1.11 bits per heavy atom. The maximum Gasteiger partial charge on any atom is 0.387 e. The Labute approximate surface area is 207 Å². The van der Waals surface area contributed by atoms with E-state index in [2.05, 4.69) is 4.74 Å². The molecule has 2 amide bonds. The molecule has 2 aromatic rings. The highest BCUT2D eigenvalue weighted by molar-refractivity contribution is 5.92. The molecule has 4 rings (SSSR count). The molecule has 2 aromatic carbocycles. The molecule has 0 spiro atoms. The van der Waals surface area contributed by atoms with Gasteiger partial charge in [0.2, 0.25) is 11.8 Å². The summed E-state index contributed by atoms with van der Waals surface area (Å²) in [6.45, 7) is -1.00. The Morgan fingerprint density at radius 2 is 1.89 bits per heavy atom. The van der Waals surface area contributed by atoms with E-state index in [1.165, 1.54) is 17.9 Å². The molecular formula is C26H28F2N2O6. The molecule has 36 heavy (non-hydrogen) atoms. The van der Waals surface area contributed by atoms with Gasteiger partial charge in [0.15, 0.2) is 11.5 Å². The summed E-state index contributed by atoms with van der Waals surface area (Å²) in [5.41, 5.74) is 6.94. The van der Waals surface area contributed by atoms with Crippen LogP contribution in [0.1, 0.15) is 53.6 Å². The van der Waals surface area contributed by atoms with Crippen molar-refractivity contribution < 1.29 is 37.4 Å². The second-order valence-corrected chi connectivity index (χ2v) is 9.13. The number of amides is 2. The lowest BCUT2D eigenvalue weighted by molar-refractivity contribution is -0.154. The van der Waals surface area contributed by atoms with Gasteiger partial charge in [0, 0.05) is 24.9 Å². The van der Waals surface area contributed by atoms with Crippen LogP contribution >= 0.6 is 0 Å². The molecule has 0 bridgehead atoms. The van der Waals surface area contributed by atoms with Gasteiger partial charge < -0.3 is 24.8 Å². The minimum absolute atomic E-state index is 0.0510. The SMILES string of the molecule is CC(=O)N1CC(c2ccc(OC(F)F)c(OCC3CC3)c2)C[C@@H]1C(=O)OCc1cccc(C(N)=O)c1. The number of carbonyl (C=O) groups is 3. The number of primary amides is 1. The number of benzene rings is 2. The van der Waals surface area contributed by atoms with Crippen molar-refractivity contribution in [3.63, 3.8) is 0 Å². The maximum atomic E-state index is 12.9. The molecule has 0 radical (unpaired) electrons. The van der Waals surface area contributed by atoms with Crippen molar-refractivity contribution in [2.45, 2.75) is 51.4 Å². The molecule has 2 N–H and O–H groups in total. The van der Waals surface area contributed by atoms with Crippen molar-refractivity contribution in [3.8, 4) is 11.5 Å². The zero-order chi connectivity index (χ0) is 25.8. The van der Waals surface area contributed by atoms with Crippen LogP contribution in [-0.2, 0) is 20.9 Å². The Morgan fingerprint density at radius 3 is 2.56 bits per heavy atom. The standard InChI is InChI=1S/C26H28F2N2O6/c1-15(31)30-12-20(10-21(30)25(33)35-14-17-3-2-4-19(9-17)24(29)32)18-7-8-22(36-26(27)28)23(11-18)34-13-16-5-6-16/h2-4,7-9,11,16,20-21,26H,5-6,10,12-14H2,1H3,(H2,29,32)/t20?,21-/m1/s1. The van der Waals surface area contributed by atoms with Gasteiger partial charge in [-0.2, -0.15) is 8.78 Å². The number of alkyl halides is 2. The number of likely N-dealkylation sites (tertiary alicyclic amines) is 1. The molecule has 1 unspecified atom stereocenters. The number of hydrogen-bond acceptors (Lipinski definition) is 6. The zero-order valence-electron chi connectivity index (χ0n) is 19.8. The van der Waals surface area contributed by atoms with E-state index in [1.54, 1.807) is 36.4 Å².